The van der Waals surface area contributed by atoms with Crippen molar-refractivity contribution in [2.24, 2.45) is 5.16 Å². The van der Waals surface area contributed by atoms with Crippen molar-refractivity contribution in [1.29, 1.82) is 0 Å². The summed E-state index contributed by atoms with van der Waals surface area (Å²) in [5, 5.41) is 35.8. The van der Waals surface area contributed by atoms with Crippen LogP contribution in [0.15, 0.2) is 43.2 Å². The number of rotatable bonds is 11. The number of aryl methyl sites for hydroxylation is 1. The van der Waals surface area contributed by atoms with Gasteiger partial charge < -0.3 is 30.9 Å². The minimum absolute atomic E-state index is 0.0760. The molecule has 2 aliphatic heterocycles. The van der Waals surface area contributed by atoms with E-state index in [0.29, 0.717) is 21.4 Å². The number of carboxylic acids is 1. The number of nitrogens with one attached hydrogen (secondary N) is 1. The molecular formula is C23H22N8O8S4. The number of anilines is 1. The van der Waals surface area contributed by atoms with Crippen LogP contribution >= 0.6 is 46.2 Å². The molecule has 2 atom stereocenters. The van der Waals surface area contributed by atoms with Crippen LogP contribution in [0.5, 0.6) is 5.75 Å². The molecule has 0 aromatic carbocycles. The van der Waals surface area contributed by atoms with Crippen molar-refractivity contribution in [3.63, 3.8) is 0 Å². The monoisotopic (exact) mass is 666 g/mol. The van der Waals surface area contributed by atoms with Crippen LogP contribution in [0, 0.1) is 6.92 Å². The third-order valence-electron chi connectivity index (χ3n) is 6.03. The summed E-state index contributed by atoms with van der Waals surface area (Å²) in [4.78, 5) is 66.2. The van der Waals surface area contributed by atoms with Crippen LogP contribution in [0.1, 0.15) is 16.4 Å². The van der Waals surface area contributed by atoms with Crippen molar-refractivity contribution >= 4 is 74.8 Å². The summed E-state index contributed by atoms with van der Waals surface area (Å²) in [6.45, 7) is 1.48. The van der Waals surface area contributed by atoms with E-state index in [9.17, 15) is 29.4 Å². The summed E-state index contributed by atoms with van der Waals surface area (Å²) < 4.78 is 1.78. The lowest BCUT2D eigenvalue weighted by molar-refractivity contribution is -0.150. The lowest BCUT2D eigenvalue weighted by Crippen LogP contribution is -2.71. The van der Waals surface area contributed by atoms with Gasteiger partial charge in [-0.2, -0.15) is 4.73 Å². The van der Waals surface area contributed by atoms with E-state index in [2.05, 4.69) is 25.7 Å². The van der Waals surface area contributed by atoms with Gasteiger partial charge in [0.25, 0.3) is 11.8 Å². The smallest absolute Gasteiger partial charge is 0.352 e. The van der Waals surface area contributed by atoms with Crippen LogP contribution in [0.4, 0.5) is 5.13 Å². The number of amides is 2. The number of nitrogens with zero attached hydrogens (tertiary/aromatic N) is 6. The molecule has 16 nitrogen and oxygen atoms in total. The largest absolute Gasteiger partial charge is 0.503 e. The van der Waals surface area contributed by atoms with Gasteiger partial charge in [-0.1, -0.05) is 28.3 Å². The molecule has 0 aliphatic carbocycles. The number of aromatic hydroxyl groups is 1. The molecule has 5 heterocycles. The number of nitrogens with two attached hydrogens (primary N) is 1. The van der Waals surface area contributed by atoms with Gasteiger partial charge in [-0.3, -0.25) is 19.3 Å². The van der Waals surface area contributed by atoms with Gasteiger partial charge in [0.15, 0.2) is 27.5 Å². The minimum Gasteiger partial charge on any atom is -0.503 e. The summed E-state index contributed by atoms with van der Waals surface area (Å²) in [5.74, 6) is -2.55. The van der Waals surface area contributed by atoms with Gasteiger partial charge in [-0.05, 0) is 12.5 Å². The quantitative estimate of drug-likeness (QED) is 0.0933. The Kier molecular flexibility index (Phi) is 8.89. The Hall–Kier alpha value is -4.14. The standard InChI is InChI=1S/C23H22N8O8S4/c1-9-27-28-23(43-9)42-7-10-6-40-20-16(19(35)31(20)17(10)21(36)37)26-18(34)15(12-8-41-22(24)25-12)29-39-5-11-3-13(32)14(33)4-30(11)38-2/h3-4,8,16,20,33H,5-7H2,1-2H3,(H2,24,25)(H,26,34)(H,36,37)/t16-,20-/m1/s1. The highest BCUT2D eigenvalue weighted by Gasteiger charge is 2.54. The molecule has 3 aromatic rings. The molecule has 1 saturated heterocycles. The predicted octanol–water partition coefficient (Wildman–Crippen LogP) is 0.263. The average Bonchev–Trinajstić information content (AvgIpc) is 3.60. The maximum atomic E-state index is 13.3. The molecular weight excluding hydrogens is 645 g/mol. The number of aromatic nitrogens is 4. The Bertz CT molecular complexity index is 1720. The predicted molar refractivity (Wildman–Crippen MR) is 158 cm³/mol. The van der Waals surface area contributed by atoms with Gasteiger partial charge in [0.2, 0.25) is 5.43 Å². The summed E-state index contributed by atoms with van der Waals surface area (Å²) in [6.07, 6.45) is 1.05. The number of thiazole rings is 1. The van der Waals surface area contributed by atoms with Gasteiger partial charge in [-0.15, -0.1) is 33.3 Å². The van der Waals surface area contributed by atoms with Gasteiger partial charge in [0.05, 0.1) is 6.20 Å². The van der Waals surface area contributed by atoms with Gasteiger partial charge in [0.1, 0.15) is 40.6 Å². The van der Waals surface area contributed by atoms with E-state index < -0.39 is 40.4 Å². The van der Waals surface area contributed by atoms with Crippen LogP contribution in [0.3, 0.4) is 0 Å². The number of thioether (sulfide) groups is 2. The SMILES string of the molecule is COn1cc(O)c(=O)cc1CON=C(C(=O)N[C@@H]1C(=O)N2C(C(=O)O)=C(CSc3nnc(C)s3)CS[C@H]12)c1csc(N)n1. The first-order chi connectivity index (χ1) is 20.6. The first-order valence-corrected chi connectivity index (χ1v) is 15.8. The van der Waals surface area contributed by atoms with Crippen LogP contribution in [0.2, 0.25) is 0 Å². The zero-order chi connectivity index (χ0) is 30.8. The first-order valence-electron chi connectivity index (χ1n) is 12.1. The zero-order valence-corrected chi connectivity index (χ0v) is 25.5. The summed E-state index contributed by atoms with van der Waals surface area (Å²) in [6, 6.07) is 0.0373. The number of pyridine rings is 1. The number of oxime groups is 1. The van der Waals surface area contributed by atoms with Crippen molar-refractivity contribution in [1.82, 2.24) is 30.1 Å². The van der Waals surface area contributed by atoms with E-state index in [0.717, 1.165) is 33.3 Å². The second-order valence-electron chi connectivity index (χ2n) is 8.80. The number of hydrogen-bond donors (Lipinski definition) is 4. The van der Waals surface area contributed by atoms with Crippen molar-refractivity contribution in [2.75, 3.05) is 24.3 Å². The summed E-state index contributed by atoms with van der Waals surface area (Å²) in [5.41, 5.74) is 5.46. The molecule has 3 aromatic heterocycles. The number of carboxylic acid groups (broad SMARTS) is 1. The highest BCUT2D eigenvalue weighted by atomic mass is 32.2. The third kappa shape index (κ3) is 6.31. The fourth-order valence-electron chi connectivity index (χ4n) is 4.08. The second-order valence-corrected chi connectivity index (χ2v) is 13.2. The number of nitrogen functional groups attached to an aromatic ring is 1. The van der Waals surface area contributed by atoms with E-state index in [4.69, 9.17) is 15.4 Å². The normalized spacial score (nSPS) is 18.2. The molecule has 2 amide bonds. The average molecular weight is 667 g/mol. The van der Waals surface area contributed by atoms with Crippen molar-refractivity contribution in [3.05, 3.63) is 55.5 Å². The fraction of sp³-hybridized carbons (Fsp3) is 0.304. The molecule has 5 rings (SSSR count). The third-order valence-corrected chi connectivity index (χ3v) is 10.1. The molecule has 0 unspecified atom stereocenters. The fourth-order valence-corrected chi connectivity index (χ4v) is 7.92. The Labute approximate surface area is 258 Å². The zero-order valence-electron chi connectivity index (χ0n) is 22.2. The lowest BCUT2D eigenvalue weighted by Gasteiger charge is -2.49. The van der Waals surface area contributed by atoms with E-state index in [1.807, 2.05) is 6.92 Å². The van der Waals surface area contributed by atoms with Gasteiger partial charge in [-0.25, -0.2) is 9.78 Å². The van der Waals surface area contributed by atoms with Crippen molar-refractivity contribution in [3.8, 4) is 5.75 Å². The van der Waals surface area contributed by atoms with Crippen molar-refractivity contribution < 1.29 is 34.3 Å². The molecule has 226 valence electrons. The highest BCUT2D eigenvalue weighted by molar-refractivity contribution is 8.01. The van der Waals surface area contributed by atoms with E-state index in [1.165, 1.54) is 52.3 Å². The maximum Gasteiger partial charge on any atom is 0.352 e. The molecule has 0 saturated carbocycles. The maximum absolute atomic E-state index is 13.3. The Balaban J connectivity index is 1.31. The van der Waals surface area contributed by atoms with Crippen LogP contribution in [-0.2, 0) is 25.8 Å². The molecule has 2 aliphatic rings. The van der Waals surface area contributed by atoms with Crippen molar-refractivity contribution in [2.45, 2.75) is 29.3 Å². The number of carbonyl (C=O) groups is 3. The van der Waals surface area contributed by atoms with Crippen LogP contribution in [0.25, 0.3) is 0 Å². The van der Waals surface area contributed by atoms with Gasteiger partial charge >= 0.3 is 5.97 Å². The van der Waals surface area contributed by atoms with E-state index >= 15 is 0 Å². The summed E-state index contributed by atoms with van der Waals surface area (Å²) >= 11 is 5.10. The topological polar surface area (TPSA) is 224 Å². The molecule has 0 bridgehead atoms. The van der Waals surface area contributed by atoms with E-state index in [-0.39, 0.29) is 34.5 Å². The summed E-state index contributed by atoms with van der Waals surface area (Å²) in [7, 11) is 1.31. The van der Waals surface area contributed by atoms with E-state index in [1.54, 1.807) is 0 Å². The Morgan fingerprint density at radius 3 is 2.77 bits per heavy atom. The Morgan fingerprint density at radius 2 is 2.12 bits per heavy atom. The highest BCUT2D eigenvalue weighted by Crippen LogP contribution is 2.41. The number of hydrogen-bond acceptors (Lipinski definition) is 16. The number of aliphatic carboxylic acids is 1. The number of carbonyl (C=O) groups excluding carboxylic acids is 2. The lowest BCUT2D eigenvalue weighted by atomic mass is 10.0. The number of β-lactam (4-membered cyclic amide) rings is 1. The van der Waals surface area contributed by atoms with Gasteiger partial charge in [0, 0.05) is 23.0 Å². The molecule has 0 radical (unpaired) electrons. The Morgan fingerprint density at radius 1 is 1.33 bits per heavy atom. The molecule has 1 fully saturated rings. The molecule has 43 heavy (non-hydrogen) atoms. The second kappa shape index (κ2) is 12.6. The van der Waals surface area contributed by atoms with Crippen LogP contribution in [-0.4, -0.2) is 88.6 Å². The first kappa shape index (κ1) is 30.3. The van der Waals surface area contributed by atoms with Crippen LogP contribution < -0.4 is 21.3 Å². The number of fused-ring (bicyclic) bond motifs is 1. The molecule has 0 spiro atoms. The minimum atomic E-state index is -1.25. The molecule has 20 heteroatoms. The molecule has 5 N–H and O–H groups in total.